The van der Waals surface area contributed by atoms with E-state index in [-0.39, 0.29) is 34.1 Å². The Hall–Kier alpha value is -4.41. The lowest BCUT2D eigenvalue weighted by molar-refractivity contribution is -0.140. The summed E-state index contributed by atoms with van der Waals surface area (Å²) < 4.78 is 49.4. The van der Waals surface area contributed by atoms with Crippen molar-refractivity contribution in [3.8, 4) is 5.75 Å². The third-order valence-corrected chi connectivity index (χ3v) is 9.11. The molecule has 1 atom stereocenters. The Kier molecular flexibility index (Phi) is 11.1. The quantitative estimate of drug-likeness (QED) is 0.193. The van der Waals surface area contributed by atoms with Gasteiger partial charge in [0.05, 0.1) is 17.7 Å². The molecular formula is C35H37ClFN3O5S. The number of methoxy groups -OCH3 is 1. The molecule has 0 heterocycles. The van der Waals surface area contributed by atoms with E-state index in [1.807, 2.05) is 51.1 Å². The summed E-state index contributed by atoms with van der Waals surface area (Å²) >= 11 is 6.26. The van der Waals surface area contributed by atoms with Crippen LogP contribution in [-0.4, -0.2) is 50.4 Å². The minimum absolute atomic E-state index is 0.0898. The second-order valence-electron chi connectivity index (χ2n) is 11.7. The molecule has 0 aliphatic heterocycles. The highest BCUT2D eigenvalue weighted by atomic mass is 35.5. The summed E-state index contributed by atoms with van der Waals surface area (Å²) in [7, 11) is -2.88. The highest BCUT2D eigenvalue weighted by Crippen LogP contribution is 2.28. The van der Waals surface area contributed by atoms with Gasteiger partial charge >= 0.3 is 0 Å². The summed E-state index contributed by atoms with van der Waals surface area (Å²) in [5.41, 5.74) is 0.426. The second-order valence-corrected chi connectivity index (χ2v) is 14.0. The van der Waals surface area contributed by atoms with Gasteiger partial charge in [0.2, 0.25) is 11.8 Å². The van der Waals surface area contributed by atoms with Crippen molar-refractivity contribution >= 4 is 39.1 Å². The number of nitrogens with zero attached hydrogens (tertiary/aromatic N) is 2. The van der Waals surface area contributed by atoms with Gasteiger partial charge in [-0.1, -0.05) is 66.2 Å². The fourth-order valence-corrected chi connectivity index (χ4v) is 6.44. The number of hydrogen-bond acceptors (Lipinski definition) is 5. The zero-order valence-electron chi connectivity index (χ0n) is 26.1. The van der Waals surface area contributed by atoms with Crippen molar-refractivity contribution in [2.75, 3.05) is 18.0 Å². The maximum absolute atomic E-state index is 15.1. The van der Waals surface area contributed by atoms with E-state index in [0.29, 0.717) is 5.75 Å². The molecule has 4 rings (SSSR count). The Bertz CT molecular complexity index is 1760. The topological polar surface area (TPSA) is 96.0 Å². The summed E-state index contributed by atoms with van der Waals surface area (Å²) in [5, 5.41) is 3.21. The number of carbonyl (C=O) groups excluding carboxylic acids is 2. The summed E-state index contributed by atoms with van der Waals surface area (Å²) in [5.74, 6) is -1.29. The van der Waals surface area contributed by atoms with Crippen molar-refractivity contribution in [1.29, 1.82) is 0 Å². The highest BCUT2D eigenvalue weighted by Gasteiger charge is 2.36. The van der Waals surface area contributed by atoms with Crippen LogP contribution < -0.4 is 14.4 Å². The maximum Gasteiger partial charge on any atom is 0.264 e. The van der Waals surface area contributed by atoms with Crippen LogP contribution in [0, 0.1) is 5.82 Å². The number of halogens is 2. The number of sulfonamides is 1. The van der Waals surface area contributed by atoms with Crippen LogP contribution in [0.4, 0.5) is 10.1 Å². The summed E-state index contributed by atoms with van der Waals surface area (Å²) in [6.07, 6.45) is 0.103. The molecule has 0 saturated heterocycles. The number of ether oxygens (including phenoxy) is 1. The van der Waals surface area contributed by atoms with Gasteiger partial charge in [-0.05, 0) is 74.9 Å². The standard InChI is InChI=1S/C35H37ClFN3O5S/c1-35(2,3)38-34(42)32(21-25-11-6-5-7-12-25)39(23-26-13-8-9-16-31(26)37)33(41)24-40(28-15-10-14-27(36)22-28)46(43,44)30-19-17-29(45-4)18-20-30/h5-20,22,32H,21,23-24H2,1-4H3,(H,38,42). The molecule has 46 heavy (non-hydrogen) atoms. The predicted molar refractivity (Wildman–Crippen MR) is 178 cm³/mol. The predicted octanol–water partition coefficient (Wildman–Crippen LogP) is 6.24. The van der Waals surface area contributed by atoms with Crippen molar-refractivity contribution in [1.82, 2.24) is 10.2 Å². The molecule has 11 heteroatoms. The van der Waals surface area contributed by atoms with Crippen LogP contribution in [0.15, 0.2) is 108 Å². The van der Waals surface area contributed by atoms with Crippen molar-refractivity contribution in [3.63, 3.8) is 0 Å². The highest BCUT2D eigenvalue weighted by molar-refractivity contribution is 7.92. The summed E-state index contributed by atoms with van der Waals surface area (Å²) in [4.78, 5) is 29.5. The second kappa shape index (κ2) is 14.8. The van der Waals surface area contributed by atoms with E-state index < -0.39 is 45.8 Å². The van der Waals surface area contributed by atoms with Crippen molar-refractivity contribution in [2.45, 2.75) is 50.2 Å². The average Bonchev–Trinajstić information content (AvgIpc) is 3.01. The van der Waals surface area contributed by atoms with Crippen LogP contribution in [0.2, 0.25) is 5.02 Å². The number of benzene rings is 4. The molecular weight excluding hydrogens is 629 g/mol. The van der Waals surface area contributed by atoms with Gasteiger partial charge in [-0.3, -0.25) is 13.9 Å². The number of nitrogens with one attached hydrogen (secondary N) is 1. The molecule has 0 bridgehead atoms. The normalized spacial score (nSPS) is 12.2. The Morgan fingerprint density at radius 3 is 2.17 bits per heavy atom. The molecule has 0 aromatic heterocycles. The Labute approximate surface area is 274 Å². The average molecular weight is 666 g/mol. The third kappa shape index (κ3) is 8.86. The SMILES string of the molecule is COc1ccc(S(=O)(=O)N(CC(=O)N(Cc2ccccc2F)C(Cc2ccccc2)C(=O)NC(C)(C)C)c2cccc(Cl)c2)cc1. The van der Waals surface area contributed by atoms with Gasteiger partial charge < -0.3 is 15.0 Å². The van der Waals surface area contributed by atoms with Crippen molar-refractivity contribution in [2.24, 2.45) is 0 Å². The van der Waals surface area contributed by atoms with Crippen molar-refractivity contribution in [3.05, 3.63) is 125 Å². The fourth-order valence-electron chi connectivity index (χ4n) is 4.85. The van der Waals surface area contributed by atoms with Gasteiger partial charge in [-0.2, -0.15) is 0 Å². The van der Waals surface area contributed by atoms with Crippen LogP contribution in [0.25, 0.3) is 0 Å². The molecule has 1 unspecified atom stereocenters. The molecule has 242 valence electrons. The fraction of sp³-hybridized carbons (Fsp3) is 0.257. The minimum atomic E-state index is -4.34. The lowest BCUT2D eigenvalue weighted by Crippen LogP contribution is -2.56. The molecule has 0 saturated carbocycles. The summed E-state index contributed by atoms with van der Waals surface area (Å²) in [6, 6.07) is 25.9. The minimum Gasteiger partial charge on any atom is -0.497 e. The van der Waals surface area contributed by atoms with Gasteiger partial charge in [-0.25, -0.2) is 12.8 Å². The zero-order valence-corrected chi connectivity index (χ0v) is 27.7. The largest absolute Gasteiger partial charge is 0.497 e. The number of anilines is 1. The van der Waals surface area contributed by atoms with Crippen LogP contribution in [0.3, 0.4) is 0 Å². The molecule has 0 radical (unpaired) electrons. The van der Waals surface area contributed by atoms with Crippen LogP contribution >= 0.6 is 11.6 Å². The first-order valence-corrected chi connectivity index (χ1v) is 16.4. The van der Waals surface area contributed by atoms with Crippen LogP contribution in [0.5, 0.6) is 5.75 Å². The molecule has 4 aromatic carbocycles. The number of amides is 2. The molecule has 1 N–H and O–H groups in total. The molecule has 0 fully saturated rings. The van der Waals surface area contributed by atoms with Crippen molar-refractivity contribution < 1.29 is 27.1 Å². The van der Waals surface area contributed by atoms with Gasteiger partial charge in [0.25, 0.3) is 10.0 Å². The van der Waals surface area contributed by atoms with E-state index in [4.69, 9.17) is 16.3 Å². The molecule has 0 aliphatic rings. The first-order valence-electron chi connectivity index (χ1n) is 14.6. The molecule has 0 spiro atoms. The van der Waals surface area contributed by atoms with E-state index in [2.05, 4.69) is 5.32 Å². The maximum atomic E-state index is 15.1. The number of carbonyl (C=O) groups is 2. The lowest BCUT2D eigenvalue weighted by atomic mass is 10.0. The third-order valence-electron chi connectivity index (χ3n) is 7.09. The van der Waals surface area contributed by atoms with Gasteiger partial charge in [0, 0.05) is 29.1 Å². The number of rotatable bonds is 12. The van der Waals surface area contributed by atoms with Crippen LogP contribution in [-0.2, 0) is 32.6 Å². The smallest absolute Gasteiger partial charge is 0.264 e. The summed E-state index contributed by atoms with van der Waals surface area (Å²) in [6.45, 7) is 4.46. The molecule has 2 amide bonds. The van der Waals surface area contributed by atoms with Crippen LogP contribution in [0.1, 0.15) is 31.9 Å². The molecule has 4 aromatic rings. The van der Waals surface area contributed by atoms with E-state index in [1.54, 1.807) is 18.2 Å². The van der Waals surface area contributed by atoms with E-state index in [1.165, 1.54) is 66.6 Å². The van der Waals surface area contributed by atoms with Gasteiger partial charge in [-0.15, -0.1) is 0 Å². The van der Waals surface area contributed by atoms with E-state index >= 15 is 4.39 Å². The van der Waals surface area contributed by atoms with Gasteiger partial charge in [0.15, 0.2) is 0 Å². The monoisotopic (exact) mass is 665 g/mol. The number of hydrogen-bond donors (Lipinski definition) is 1. The first kappa shape index (κ1) is 34.5. The Morgan fingerprint density at radius 2 is 1.57 bits per heavy atom. The van der Waals surface area contributed by atoms with E-state index in [9.17, 15) is 18.0 Å². The van der Waals surface area contributed by atoms with E-state index in [0.717, 1.165) is 9.87 Å². The Morgan fingerprint density at radius 1 is 0.913 bits per heavy atom. The Balaban J connectivity index is 1.83. The molecule has 8 nitrogen and oxygen atoms in total. The first-order chi connectivity index (χ1) is 21.8. The van der Waals surface area contributed by atoms with Gasteiger partial charge in [0.1, 0.15) is 24.2 Å². The zero-order chi connectivity index (χ0) is 33.5. The lowest BCUT2D eigenvalue weighted by Gasteiger charge is -2.35. The molecule has 0 aliphatic carbocycles.